The van der Waals surface area contributed by atoms with Gasteiger partial charge in [-0.15, -0.1) is 12.4 Å². The van der Waals surface area contributed by atoms with Gasteiger partial charge >= 0.3 is 0 Å². The molecule has 6 heteroatoms. The molecule has 1 aromatic carbocycles. The third-order valence-electron chi connectivity index (χ3n) is 4.03. The molecule has 1 aromatic rings. The molecule has 1 fully saturated rings. The van der Waals surface area contributed by atoms with Crippen molar-refractivity contribution < 1.29 is 9.59 Å². The molecule has 1 atom stereocenters. The molecule has 5 nitrogen and oxygen atoms in total. The minimum absolute atomic E-state index is 0. The first-order chi connectivity index (χ1) is 11.0. The molecule has 1 unspecified atom stereocenters. The van der Waals surface area contributed by atoms with Crippen molar-refractivity contribution in [3.63, 3.8) is 0 Å². The second kappa shape index (κ2) is 9.64. The molecule has 2 amide bonds. The van der Waals surface area contributed by atoms with Crippen LogP contribution in [0.4, 0.5) is 5.69 Å². The molecule has 3 N–H and O–H groups in total. The fraction of sp³-hybridized carbons (Fsp3) is 0.556. The lowest BCUT2D eigenvalue weighted by atomic mass is 10.1. The molecule has 24 heavy (non-hydrogen) atoms. The summed E-state index contributed by atoms with van der Waals surface area (Å²) in [5.41, 5.74) is 2.29. The summed E-state index contributed by atoms with van der Waals surface area (Å²) in [4.78, 5) is 24.1. The first kappa shape index (κ1) is 20.5. The van der Waals surface area contributed by atoms with Gasteiger partial charge in [-0.05, 0) is 56.0 Å². The van der Waals surface area contributed by atoms with Gasteiger partial charge in [-0.3, -0.25) is 9.59 Å². The van der Waals surface area contributed by atoms with E-state index in [4.69, 9.17) is 0 Å². The molecular formula is C18H28ClN3O2. The molecular weight excluding hydrogens is 326 g/mol. The Labute approximate surface area is 150 Å². The Hall–Kier alpha value is -1.59. The highest BCUT2D eigenvalue weighted by molar-refractivity contribution is 5.96. The molecule has 0 radical (unpaired) electrons. The van der Waals surface area contributed by atoms with Crippen LogP contribution in [0.15, 0.2) is 18.2 Å². The Bertz CT molecular complexity index is 569. The van der Waals surface area contributed by atoms with E-state index in [2.05, 4.69) is 16.0 Å². The number of aryl methyl sites for hydroxylation is 1. The summed E-state index contributed by atoms with van der Waals surface area (Å²) in [5, 5.41) is 9.23. The maximum atomic E-state index is 12.2. The van der Waals surface area contributed by atoms with Gasteiger partial charge in [0.1, 0.15) is 0 Å². The number of hydrogen-bond donors (Lipinski definition) is 3. The van der Waals surface area contributed by atoms with Gasteiger partial charge in [0.05, 0.1) is 0 Å². The smallest absolute Gasteiger partial charge is 0.251 e. The highest BCUT2D eigenvalue weighted by Crippen LogP contribution is 2.17. The number of nitrogens with one attached hydrogen (secondary N) is 3. The lowest BCUT2D eigenvalue weighted by Crippen LogP contribution is -2.37. The number of rotatable bonds is 6. The highest BCUT2D eigenvalue weighted by Gasteiger charge is 2.16. The predicted molar refractivity (Wildman–Crippen MR) is 99.9 cm³/mol. The van der Waals surface area contributed by atoms with E-state index < -0.39 is 0 Å². The van der Waals surface area contributed by atoms with E-state index in [1.54, 1.807) is 12.1 Å². The van der Waals surface area contributed by atoms with Gasteiger partial charge in [0.15, 0.2) is 0 Å². The van der Waals surface area contributed by atoms with Gasteiger partial charge in [0, 0.05) is 30.3 Å². The Kier molecular flexibility index (Phi) is 8.22. The van der Waals surface area contributed by atoms with Crippen LogP contribution in [0, 0.1) is 12.8 Å². The van der Waals surface area contributed by atoms with Crippen LogP contribution in [0.2, 0.25) is 0 Å². The summed E-state index contributed by atoms with van der Waals surface area (Å²) in [6.07, 6.45) is 2.78. The fourth-order valence-electron chi connectivity index (χ4n) is 2.77. The van der Waals surface area contributed by atoms with E-state index >= 15 is 0 Å². The standard InChI is InChI=1S/C18H27N3O2.ClH/c1-12(2)9-17(22)21-16-7-6-14(10-13(16)3)18(23)20-11-15-5-4-8-19-15;/h6-7,10,12,15,19H,4-5,8-9,11H2,1-3H3,(H,20,23)(H,21,22);1H. The summed E-state index contributed by atoms with van der Waals surface area (Å²) in [7, 11) is 0. The minimum Gasteiger partial charge on any atom is -0.350 e. The lowest BCUT2D eigenvalue weighted by molar-refractivity contribution is -0.116. The van der Waals surface area contributed by atoms with E-state index in [9.17, 15) is 9.59 Å². The van der Waals surface area contributed by atoms with Crippen molar-refractivity contribution in [1.82, 2.24) is 10.6 Å². The molecule has 1 heterocycles. The predicted octanol–water partition coefficient (Wildman–Crippen LogP) is 2.88. The van der Waals surface area contributed by atoms with Gasteiger partial charge in [-0.1, -0.05) is 13.8 Å². The zero-order valence-electron chi connectivity index (χ0n) is 14.6. The van der Waals surface area contributed by atoms with E-state index in [1.807, 2.05) is 26.8 Å². The van der Waals surface area contributed by atoms with Gasteiger partial charge < -0.3 is 16.0 Å². The van der Waals surface area contributed by atoms with Crippen LogP contribution in [0.25, 0.3) is 0 Å². The monoisotopic (exact) mass is 353 g/mol. The molecule has 1 aliphatic rings. The van der Waals surface area contributed by atoms with Gasteiger partial charge in [-0.25, -0.2) is 0 Å². The first-order valence-corrected chi connectivity index (χ1v) is 8.38. The summed E-state index contributed by atoms with van der Waals surface area (Å²) in [6.45, 7) is 7.62. The number of benzene rings is 1. The molecule has 1 saturated heterocycles. The van der Waals surface area contributed by atoms with Crippen molar-refractivity contribution in [2.24, 2.45) is 5.92 Å². The number of carbonyl (C=O) groups is 2. The molecule has 1 aliphatic heterocycles. The lowest BCUT2D eigenvalue weighted by Gasteiger charge is -2.13. The van der Waals surface area contributed by atoms with E-state index in [-0.39, 0.29) is 24.2 Å². The first-order valence-electron chi connectivity index (χ1n) is 8.38. The molecule has 0 aliphatic carbocycles. The maximum absolute atomic E-state index is 12.2. The molecule has 0 saturated carbocycles. The number of anilines is 1. The van der Waals surface area contributed by atoms with Crippen molar-refractivity contribution in [3.8, 4) is 0 Å². The van der Waals surface area contributed by atoms with Crippen LogP contribution in [0.1, 0.15) is 49.0 Å². The van der Waals surface area contributed by atoms with Crippen LogP contribution < -0.4 is 16.0 Å². The van der Waals surface area contributed by atoms with Crippen molar-refractivity contribution >= 4 is 29.9 Å². The van der Waals surface area contributed by atoms with Crippen LogP contribution in [-0.2, 0) is 4.79 Å². The average molecular weight is 354 g/mol. The van der Waals surface area contributed by atoms with Gasteiger partial charge in [0.25, 0.3) is 5.91 Å². The Morgan fingerprint density at radius 1 is 1.33 bits per heavy atom. The van der Waals surface area contributed by atoms with Crippen molar-refractivity contribution in [2.75, 3.05) is 18.4 Å². The van der Waals surface area contributed by atoms with E-state index in [1.165, 1.54) is 6.42 Å². The second-order valence-corrected chi connectivity index (χ2v) is 6.68. The maximum Gasteiger partial charge on any atom is 0.251 e. The summed E-state index contributed by atoms with van der Waals surface area (Å²) < 4.78 is 0. The largest absolute Gasteiger partial charge is 0.350 e. The van der Waals surface area contributed by atoms with E-state index in [0.717, 1.165) is 24.2 Å². The number of halogens is 1. The summed E-state index contributed by atoms with van der Waals surface area (Å²) in [6, 6.07) is 5.77. The Balaban J connectivity index is 0.00000288. The molecule has 0 aromatic heterocycles. The zero-order valence-corrected chi connectivity index (χ0v) is 15.5. The van der Waals surface area contributed by atoms with Crippen LogP contribution in [-0.4, -0.2) is 30.9 Å². The molecule has 0 bridgehead atoms. The van der Waals surface area contributed by atoms with Crippen LogP contribution in [0.5, 0.6) is 0 Å². The Morgan fingerprint density at radius 2 is 2.08 bits per heavy atom. The average Bonchev–Trinajstić information content (AvgIpc) is 2.99. The topological polar surface area (TPSA) is 70.2 Å². The number of carbonyl (C=O) groups excluding carboxylic acids is 2. The number of amides is 2. The van der Waals surface area contributed by atoms with Crippen molar-refractivity contribution in [3.05, 3.63) is 29.3 Å². The zero-order chi connectivity index (χ0) is 16.8. The SMILES string of the molecule is Cc1cc(C(=O)NCC2CCCN2)ccc1NC(=O)CC(C)C.Cl. The van der Waals surface area contributed by atoms with Crippen molar-refractivity contribution in [1.29, 1.82) is 0 Å². The second-order valence-electron chi connectivity index (χ2n) is 6.68. The fourth-order valence-corrected chi connectivity index (χ4v) is 2.77. The van der Waals surface area contributed by atoms with Crippen LogP contribution >= 0.6 is 12.4 Å². The molecule has 134 valence electrons. The quantitative estimate of drug-likeness (QED) is 0.736. The molecule has 2 rings (SSSR count). The van der Waals surface area contributed by atoms with E-state index in [0.29, 0.717) is 30.5 Å². The third-order valence-corrected chi connectivity index (χ3v) is 4.03. The van der Waals surface area contributed by atoms with Crippen LogP contribution in [0.3, 0.4) is 0 Å². The molecule has 0 spiro atoms. The Morgan fingerprint density at radius 3 is 2.67 bits per heavy atom. The van der Waals surface area contributed by atoms with Gasteiger partial charge in [0.2, 0.25) is 5.91 Å². The summed E-state index contributed by atoms with van der Waals surface area (Å²) >= 11 is 0. The highest BCUT2D eigenvalue weighted by atomic mass is 35.5. The normalized spacial score (nSPS) is 16.6. The summed E-state index contributed by atoms with van der Waals surface area (Å²) in [5.74, 6) is 0.263. The van der Waals surface area contributed by atoms with Crippen molar-refractivity contribution in [2.45, 2.75) is 46.1 Å². The van der Waals surface area contributed by atoms with Gasteiger partial charge in [-0.2, -0.15) is 0 Å². The minimum atomic E-state index is -0.0677. The third kappa shape index (κ3) is 6.13. The number of hydrogen-bond acceptors (Lipinski definition) is 3.